The van der Waals surface area contributed by atoms with Crippen molar-refractivity contribution in [2.75, 3.05) is 13.1 Å². The molecule has 1 aliphatic heterocycles. The van der Waals surface area contributed by atoms with E-state index in [1.807, 2.05) is 6.92 Å². The number of aromatic amines is 1. The number of aryl methyl sites for hydroxylation is 1. The lowest BCUT2D eigenvalue weighted by atomic mass is 9.80. The van der Waals surface area contributed by atoms with Crippen molar-refractivity contribution in [1.82, 2.24) is 29.6 Å². The second kappa shape index (κ2) is 6.92. The molecule has 26 heavy (non-hydrogen) atoms. The molecule has 2 fully saturated rings. The summed E-state index contributed by atoms with van der Waals surface area (Å²) in [6, 6.07) is 1.97. The number of H-pyrrole nitrogens is 1. The maximum absolute atomic E-state index is 11.7. The van der Waals surface area contributed by atoms with Crippen molar-refractivity contribution in [1.29, 1.82) is 0 Å². The van der Waals surface area contributed by atoms with Gasteiger partial charge in [0, 0.05) is 31.0 Å². The minimum atomic E-state index is -0.0581. The SMILES string of the molecule is Cc1nc(C2CCN(Cc3nnc(C4CC(N)C4)n3C)CC2)cc(=O)[nH]1. The summed E-state index contributed by atoms with van der Waals surface area (Å²) in [5.41, 5.74) is 6.77. The number of hydrogen-bond donors (Lipinski definition) is 2. The molecule has 0 unspecified atom stereocenters. The molecule has 0 spiro atoms. The topological polar surface area (TPSA) is 106 Å². The van der Waals surface area contributed by atoms with E-state index in [2.05, 4.69) is 36.7 Å². The fourth-order valence-electron chi connectivity index (χ4n) is 4.14. The van der Waals surface area contributed by atoms with Crippen LogP contribution in [0.3, 0.4) is 0 Å². The van der Waals surface area contributed by atoms with E-state index >= 15 is 0 Å². The summed E-state index contributed by atoms with van der Waals surface area (Å²) in [5, 5.41) is 8.81. The molecular formula is C18H27N7O. The summed E-state index contributed by atoms with van der Waals surface area (Å²) in [5.74, 6) is 3.60. The molecule has 8 heteroatoms. The number of likely N-dealkylation sites (tertiary alicyclic amines) is 1. The normalized spacial score (nSPS) is 24.6. The summed E-state index contributed by atoms with van der Waals surface area (Å²) in [6.07, 6.45) is 4.05. The highest BCUT2D eigenvalue weighted by atomic mass is 16.1. The molecule has 140 valence electrons. The zero-order valence-electron chi connectivity index (χ0n) is 15.5. The van der Waals surface area contributed by atoms with Crippen LogP contribution in [0.2, 0.25) is 0 Å². The molecule has 0 amide bonds. The van der Waals surface area contributed by atoms with Crippen molar-refractivity contribution in [2.24, 2.45) is 12.8 Å². The van der Waals surface area contributed by atoms with Gasteiger partial charge in [-0.3, -0.25) is 9.69 Å². The van der Waals surface area contributed by atoms with E-state index in [1.165, 1.54) is 0 Å². The molecule has 0 aromatic carbocycles. The number of nitrogens with one attached hydrogen (secondary N) is 1. The van der Waals surface area contributed by atoms with E-state index in [0.717, 1.165) is 62.7 Å². The highest BCUT2D eigenvalue weighted by molar-refractivity contribution is 5.11. The van der Waals surface area contributed by atoms with Crippen LogP contribution in [0.1, 0.15) is 60.7 Å². The lowest BCUT2D eigenvalue weighted by molar-refractivity contribution is 0.196. The van der Waals surface area contributed by atoms with Crippen molar-refractivity contribution in [2.45, 2.75) is 57.0 Å². The van der Waals surface area contributed by atoms with Gasteiger partial charge in [-0.1, -0.05) is 0 Å². The van der Waals surface area contributed by atoms with Gasteiger partial charge in [-0.05, 0) is 45.7 Å². The Kier molecular flexibility index (Phi) is 4.62. The van der Waals surface area contributed by atoms with E-state index in [9.17, 15) is 4.79 Å². The molecule has 2 aliphatic rings. The van der Waals surface area contributed by atoms with Crippen LogP contribution in [0.4, 0.5) is 0 Å². The average molecular weight is 357 g/mol. The summed E-state index contributed by atoms with van der Waals surface area (Å²) in [4.78, 5) is 21.3. The van der Waals surface area contributed by atoms with Crippen LogP contribution in [0.15, 0.2) is 10.9 Å². The molecule has 1 aliphatic carbocycles. The number of piperidine rings is 1. The van der Waals surface area contributed by atoms with Gasteiger partial charge in [0.1, 0.15) is 17.5 Å². The second-order valence-electron chi connectivity index (χ2n) is 7.77. The maximum atomic E-state index is 11.7. The Hall–Kier alpha value is -2.06. The summed E-state index contributed by atoms with van der Waals surface area (Å²) >= 11 is 0. The molecule has 3 N–H and O–H groups in total. The number of nitrogens with two attached hydrogens (primary N) is 1. The van der Waals surface area contributed by atoms with Gasteiger partial charge in [-0.15, -0.1) is 10.2 Å². The lowest BCUT2D eigenvalue weighted by Gasteiger charge is -2.32. The second-order valence-corrected chi connectivity index (χ2v) is 7.77. The third-order valence-corrected chi connectivity index (χ3v) is 5.79. The molecule has 2 aromatic rings. The molecule has 2 aromatic heterocycles. The van der Waals surface area contributed by atoms with Gasteiger partial charge in [-0.2, -0.15) is 0 Å². The summed E-state index contributed by atoms with van der Waals surface area (Å²) in [7, 11) is 2.06. The van der Waals surface area contributed by atoms with Crippen LogP contribution in [0.25, 0.3) is 0 Å². The number of aromatic nitrogens is 5. The highest BCUT2D eigenvalue weighted by Gasteiger charge is 2.32. The van der Waals surface area contributed by atoms with E-state index in [4.69, 9.17) is 5.73 Å². The fourth-order valence-corrected chi connectivity index (χ4v) is 4.14. The zero-order chi connectivity index (χ0) is 18.3. The molecule has 3 heterocycles. The molecule has 4 rings (SSSR count). The Labute approximate surface area is 152 Å². The van der Waals surface area contributed by atoms with Crippen molar-refractivity contribution in [3.05, 3.63) is 39.6 Å². The number of nitrogens with zero attached hydrogens (tertiary/aromatic N) is 5. The standard InChI is InChI=1S/C18H27N7O/c1-11-20-15(9-17(26)21-11)12-3-5-25(6-4-12)10-16-22-23-18(24(16)2)13-7-14(19)8-13/h9,12-14H,3-8,10,19H2,1-2H3,(H,20,21,26). The molecule has 0 radical (unpaired) electrons. The highest BCUT2D eigenvalue weighted by Crippen LogP contribution is 2.34. The third kappa shape index (κ3) is 3.43. The van der Waals surface area contributed by atoms with E-state index in [0.29, 0.717) is 23.7 Å². The van der Waals surface area contributed by atoms with Gasteiger partial charge < -0.3 is 15.3 Å². The minimum absolute atomic E-state index is 0.0581. The van der Waals surface area contributed by atoms with Gasteiger partial charge in [0.05, 0.1) is 12.2 Å². The predicted molar refractivity (Wildman–Crippen MR) is 97.8 cm³/mol. The smallest absolute Gasteiger partial charge is 0.251 e. The summed E-state index contributed by atoms with van der Waals surface area (Å²) in [6.45, 7) is 4.61. The monoisotopic (exact) mass is 357 g/mol. The first-order valence-corrected chi connectivity index (χ1v) is 9.43. The van der Waals surface area contributed by atoms with Gasteiger partial charge >= 0.3 is 0 Å². The predicted octanol–water partition coefficient (Wildman–Crippen LogP) is 0.791. The Balaban J connectivity index is 1.36. The Bertz CT molecular complexity index is 828. The fraction of sp³-hybridized carbons (Fsp3) is 0.667. The van der Waals surface area contributed by atoms with E-state index in [-0.39, 0.29) is 5.56 Å². The average Bonchev–Trinajstić information content (AvgIpc) is 2.92. The Morgan fingerprint density at radius 1 is 1.23 bits per heavy atom. The van der Waals surface area contributed by atoms with Crippen LogP contribution in [-0.2, 0) is 13.6 Å². The lowest BCUT2D eigenvalue weighted by Crippen LogP contribution is -2.36. The number of rotatable bonds is 4. The maximum Gasteiger partial charge on any atom is 0.251 e. The molecular weight excluding hydrogens is 330 g/mol. The summed E-state index contributed by atoms with van der Waals surface area (Å²) < 4.78 is 2.14. The van der Waals surface area contributed by atoms with Crippen LogP contribution >= 0.6 is 0 Å². The molecule has 1 saturated heterocycles. The van der Waals surface area contributed by atoms with Gasteiger partial charge in [-0.25, -0.2) is 4.98 Å². The largest absolute Gasteiger partial charge is 0.328 e. The minimum Gasteiger partial charge on any atom is -0.328 e. The quantitative estimate of drug-likeness (QED) is 0.838. The van der Waals surface area contributed by atoms with Gasteiger partial charge in [0.15, 0.2) is 0 Å². The van der Waals surface area contributed by atoms with Gasteiger partial charge in [0.2, 0.25) is 0 Å². The molecule has 0 bridgehead atoms. The molecule has 0 atom stereocenters. The Morgan fingerprint density at radius 3 is 2.62 bits per heavy atom. The van der Waals surface area contributed by atoms with Crippen molar-refractivity contribution in [3.63, 3.8) is 0 Å². The zero-order valence-corrected chi connectivity index (χ0v) is 15.5. The van der Waals surface area contributed by atoms with Crippen molar-refractivity contribution >= 4 is 0 Å². The first kappa shape index (κ1) is 17.4. The van der Waals surface area contributed by atoms with Crippen LogP contribution < -0.4 is 11.3 Å². The third-order valence-electron chi connectivity index (χ3n) is 5.79. The van der Waals surface area contributed by atoms with Crippen LogP contribution in [-0.4, -0.2) is 48.8 Å². The molecule has 1 saturated carbocycles. The first-order valence-electron chi connectivity index (χ1n) is 9.43. The van der Waals surface area contributed by atoms with Crippen LogP contribution in [0.5, 0.6) is 0 Å². The van der Waals surface area contributed by atoms with Gasteiger partial charge in [0.25, 0.3) is 5.56 Å². The van der Waals surface area contributed by atoms with Crippen LogP contribution in [0, 0.1) is 6.92 Å². The number of hydrogen-bond acceptors (Lipinski definition) is 6. The van der Waals surface area contributed by atoms with E-state index < -0.39 is 0 Å². The first-order chi connectivity index (χ1) is 12.5. The van der Waals surface area contributed by atoms with E-state index in [1.54, 1.807) is 6.07 Å². The molecule has 8 nitrogen and oxygen atoms in total. The van der Waals surface area contributed by atoms with Crippen molar-refractivity contribution < 1.29 is 0 Å². The Morgan fingerprint density at radius 2 is 1.96 bits per heavy atom. The van der Waals surface area contributed by atoms with Crippen molar-refractivity contribution in [3.8, 4) is 0 Å².